The molecule has 26 heavy (non-hydrogen) atoms. The van der Waals surface area contributed by atoms with Crippen LogP contribution in [0, 0.1) is 23.2 Å². The summed E-state index contributed by atoms with van der Waals surface area (Å²) in [4.78, 5) is 6.52. The highest BCUT2D eigenvalue weighted by molar-refractivity contribution is 7.88. The summed E-state index contributed by atoms with van der Waals surface area (Å²) in [6.07, 6.45) is 2.98. The maximum Gasteiger partial charge on any atom is 0.211 e. The van der Waals surface area contributed by atoms with Crippen LogP contribution in [0.4, 0.5) is 5.82 Å². The minimum Gasteiger partial charge on any atom is -0.355 e. The van der Waals surface area contributed by atoms with E-state index >= 15 is 0 Å². The van der Waals surface area contributed by atoms with Crippen LogP contribution >= 0.6 is 0 Å². The van der Waals surface area contributed by atoms with Gasteiger partial charge in [-0.15, -0.1) is 0 Å². The van der Waals surface area contributed by atoms with Crippen LogP contribution in [0.5, 0.6) is 0 Å². The van der Waals surface area contributed by atoms with Gasteiger partial charge in [0.1, 0.15) is 11.9 Å². The Bertz CT molecular complexity index is 955. The summed E-state index contributed by atoms with van der Waals surface area (Å²) < 4.78 is 26.4. The number of fused-ring (bicyclic) bond motifs is 1. The van der Waals surface area contributed by atoms with Gasteiger partial charge in [-0.25, -0.2) is 13.4 Å². The zero-order chi connectivity index (χ0) is 18.3. The molecule has 0 aliphatic carbocycles. The van der Waals surface area contributed by atoms with Crippen LogP contribution in [0.15, 0.2) is 48.7 Å². The van der Waals surface area contributed by atoms with Gasteiger partial charge in [0.15, 0.2) is 0 Å². The van der Waals surface area contributed by atoms with Gasteiger partial charge in [-0.1, -0.05) is 30.3 Å². The zero-order valence-corrected chi connectivity index (χ0v) is 15.3. The van der Waals surface area contributed by atoms with Crippen LogP contribution in [0.25, 0.3) is 0 Å². The molecule has 0 saturated carbocycles. The van der Waals surface area contributed by atoms with Gasteiger partial charge in [-0.05, 0) is 23.6 Å². The lowest BCUT2D eigenvalue weighted by molar-refractivity contribution is 0.352. The Kier molecular flexibility index (Phi) is 4.17. The third-order valence-electron chi connectivity index (χ3n) is 5.40. The van der Waals surface area contributed by atoms with Gasteiger partial charge < -0.3 is 4.90 Å². The Morgan fingerprint density at radius 1 is 1.12 bits per heavy atom. The second-order valence-electron chi connectivity index (χ2n) is 7.00. The SMILES string of the molecule is CS(=O)(=O)N1C[C@H]2CN(c3ncccc3C#N)C[C@H]2[C@@H]1c1ccccc1. The molecule has 2 aromatic rings. The van der Waals surface area contributed by atoms with Crippen molar-refractivity contribution in [3.05, 3.63) is 59.8 Å². The molecule has 0 spiro atoms. The molecule has 0 radical (unpaired) electrons. The minimum absolute atomic E-state index is 0.171. The van der Waals surface area contributed by atoms with E-state index < -0.39 is 10.0 Å². The maximum absolute atomic E-state index is 12.4. The van der Waals surface area contributed by atoms with E-state index in [1.807, 2.05) is 30.3 Å². The molecule has 2 aliphatic rings. The Morgan fingerprint density at radius 3 is 2.58 bits per heavy atom. The van der Waals surface area contributed by atoms with Gasteiger partial charge in [0.25, 0.3) is 0 Å². The Hall–Kier alpha value is -2.43. The molecule has 1 aromatic carbocycles. The summed E-state index contributed by atoms with van der Waals surface area (Å²) in [5.74, 6) is 1.10. The lowest BCUT2D eigenvalue weighted by Gasteiger charge is -2.28. The smallest absolute Gasteiger partial charge is 0.211 e. The number of pyridine rings is 1. The number of nitriles is 1. The first kappa shape index (κ1) is 17.0. The van der Waals surface area contributed by atoms with Crippen LogP contribution in [0.3, 0.4) is 0 Å². The van der Waals surface area contributed by atoms with E-state index in [2.05, 4.69) is 16.0 Å². The molecule has 6 nitrogen and oxygen atoms in total. The molecule has 2 fully saturated rings. The molecule has 0 bridgehead atoms. The molecule has 0 N–H and O–H groups in total. The van der Waals surface area contributed by atoms with Crippen molar-refractivity contribution in [1.82, 2.24) is 9.29 Å². The molecule has 2 saturated heterocycles. The molecule has 3 heterocycles. The van der Waals surface area contributed by atoms with Gasteiger partial charge in [0.05, 0.1) is 17.9 Å². The second kappa shape index (κ2) is 6.38. The fraction of sp³-hybridized carbons (Fsp3) is 0.368. The molecule has 134 valence electrons. The zero-order valence-electron chi connectivity index (χ0n) is 14.5. The number of rotatable bonds is 3. The number of hydrogen-bond acceptors (Lipinski definition) is 5. The van der Waals surface area contributed by atoms with E-state index in [-0.39, 0.29) is 17.9 Å². The topological polar surface area (TPSA) is 77.3 Å². The molecule has 3 atom stereocenters. The average Bonchev–Trinajstić information content (AvgIpc) is 3.20. The van der Waals surface area contributed by atoms with E-state index in [9.17, 15) is 13.7 Å². The van der Waals surface area contributed by atoms with Gasteiger partial charge >= 0.3 is 0 Å². The number of anilines is 1. The van der Waals surface area contributed by atoms with E-state index in [0.717, 1.165) is 5.56 Å². The predicted molar refractivity (Wildman–Crippen MR) is 98.9 cm³/mol. The van der Waals surface area contributed by atoms with Gasteiger partial charge in [-0.3, -0.25) is 0 Å². The number of aromatic nitrogens is 1. The van der Waals surface area contributed by atoms with Crippen molar-refractivity contribution in [2.75, 3.05) is 30.8 Å². The fourth-order valence-electron chi connectivity index (χ4n) is 4.32. The molecule has 1 aromatic heterocycles. The summed E-state index contributed by atoms with van der Waals surface area (Å²) in [6, 6.07) is 15.4. The molecule has 2 aliphatic heterocycles. The van der Waals surface area contributed by atoms with E-state index in [1.54, 1.807) is 22.6 Å². The van der Waals surface area contributed by atoms with Crippen LogP contribution < -0.4 is 4.90 Å². The summed E-state index contributed by atoms with van der Waals surface area (Å²) in [6.45, 7) is 1.92. The lowest BCUT2D eigenvalue weighted by atomic mass is 9.90. The monoisotopic (exact) mass is 368 g/mol. The van der Waals surface area contributed by atoms with Crippen molar-refractivity contribution in [3.8, 4) is 6.07 Å². The highest BCUT2D eigenvalue weighted by atomic mass is 32.2. The maximum atomic E-state index is 12.4. The Morgan fingerprint density at radius 2 is 1.88 bits per heavy atom. The molecule has 4 rings (SSSR count). The summed E-state index contributed by atoms with van der Waals surface area (Å²) in [7, 11) is -3.29. The van der Waals surface area contributed by atoms with Gasteiger partial charge in [0.2, 0.25) is 10.0 Å². The van der Waals surface area contributed by atoms with Gasteiger partial charge in [-0.2, -0.15) is 9.57 Å². The third kappa shape index (κ3) is 2.85. The summed E-state index contributed by atoms with van der Waals surface area (Å²) in [5, 5.41) is 9.36. The molecule has 7 heteroatoms. The number of hydrogen-bond donors (Lipinski definition) is 0. The predicted octanol–water partition coefficient (Wildman–Crippen LogP) is 2.02. The third-order valence-corrected chi connectivity index (χ3v) is 6.62. The van der Waals surface area contributed by atoms with Crippen LogP contribution in [-0.2, 0) is 10.0 Å². The first-order chi connectivity index (χ1) is 12.5. The number of benzene rings is 1. The second-order valence-corrected chi connectivity index (χ2v) is 8.94. The fourth-order valence-corrected chi connectivity index (χ4v) is 5.47. The Balaban J connectivity index is 1.69. The first-order valence-electron chi connectivity index (χ1n) is 8.61. The van der Waals surface area contributed by atoms with Crippen molar-refractivity contribution in [2.45, 2.75) is 6.04 Å². The molecule has 0 unspecified atom stereocenters. The lowest BCUT2D eigenvalue weighted by Crippen LogP contribution is -2.35. The van der Waals surface area contributed by atoms with Crippen molar-refractivity contribution in [3.63, 3.8) is 0 Å². The van der Waals surface area contributed by atoms with E-state index in [4.69, 9.17) is 0 Å². The van der Waals surface area contributed by atoms with Gasteiger partial charge in [0, 0.05) is 31.7 Å². The highest BCUT2D eigenvalue weighted by Crippen LogP contribution is 2.46. The highest BCUT2D eigenvalue weighted by Gasteiger charge is 2.50. The molecular formula is C19H20N4O2S. The Labute approximate surface area is 153 Å². The van der Waals surface area contributed by atoms with Crippen LogP contribution in [-0.4, -0.2) is 43.6 Å². The standard InChI is InChI=1S/C19H20N4O2S/c1-26(24,25)23-12-16-11-22(19-15(10-20)8-5-9-21-19)13-17(16)18(23)14-6-3-2-4-7-14/h2-9,16-18H,11-13H2,1H3/t16-,17-,18+/m1/s1. The number of sulfonamides is 1. The quantitative estimate of drug-likeness (QED) is 0.828. The van der Waals surface area contributed by atoms with Crippen LogP contribution in [0.1, 0.15) is 17.2 Å². The van der Waals surface area contributed by atoms with E-state index in [1.165, 1.54) is 6.26 Å². The van der Waals surface area contributed by atoms with Crippen molar-refractivity contribution >= 4 is 15.8 Å². The summed E-state index contributed by atoms with van der Waals surface area (Å²) in [5.41, 5.74) is 1.58. The largest absolute Gasteiger partial charge is 0.355 e. The van der Waals surface area contributed by atoms with Crippen molar-refractivity contribution in [1.29, 1.82) is 5.26 Å². The van der Waals surface area contributed by atoms with E-state index in [0.29, 0.717) is 31.0 Å². The molecular weight excluding hydrogens is 348 g/mol. The van der Waals surface area contributed by atoms with Crippen molar-refractivity contribution < 1.29 is 8.42 Å². The number of nitrogens with zero attached hydrogens (tertiary/aromatic N) is 4. The normalized spacial score (nSPS) is 25.8. The van der Waals surface area contributed by atoms with Crippen molar-refractivity contribution in [2.24, 2.45) is 11.8 Å². The molecule has 0 amide bonds. The minimum atomic E-state index is -3.29. The summed E-state index contributed by atoms with van der Waals surface area (Å²) >= 11 is 0. The first-order valence-corrected chi connectivity index (χ1v) is 10.5. The van der Waals surface area contributed by atoms with Crippen LogP contribution in [0.2, 0.25) is 0 Å². The average molecular weight is 368 g/mol.